The molecule has 1 unspecified atom stereocenters. The van der Waals surface area contributed by atoms with E-state index in [0.717, 1.165) is 0 Å². The zero-order valence-electron chi connectivity index (χ0n) is 20.4. The van der Waals surface area contributed by atoms with Gasteiger partial charge in [0.1, 0.15) is 41.6 Å². The number of carbonyl (C=O) groups is 3. The fourth-order valence-electron chi connectivity index (χ4n) is 3.95. The Kier molecular flexibility index (Phi) is 8.02. The van der Waals surface area contributed by atoms with E-state index in [1.807, 2.05) is 6.07 Å². The molecule has 1 atom stereocenters. The summed E-state index contributed by atoms with van der Waals surface area (Å²) >= 11 is 0. The fraction of sp³-hybridized carbons (Fsp3) is 0.308. The molecule has 2 amide bonds. The van der Waals surface area contributed by atoms with Gasteiger partial charge in [-0.3, -0.25) is 14.4 Å². The minimum atomic E-state index is -0.501. The first kappa shape index (κ1) is 25.7. The lowest BCUT2D eigenvalue weighted by molar-refractivity contribution is -0.143. The third-order valence-electron chi connectivity index (χ3n) is 5.72. The van der Waals surface area contributed by atoms with E-state index in [1.54, 1.807) is 43.2 Å². The van der Waals surface area contributed by atoms with Gasteiger partial charge < -0.3 is 24.4 Å². The molecule has 0 radical (unpaired) electrons. The van der Waals surface area contributed by atoms with Gasteiger partial charge in [0.05, 0.1) is 30.5 Å². The molecule has 4 rings (SSSR count). The molecule has 3 aromatic rings. The molecule has 11 heteroatoms. The molecule has 1 fully saturated rings. The van der Waals surface area contributed by atoms with Gasteiger partial charge in [-0.25, -0.2) is 9.97 Å². The van der Waals surface area contributed by atoms with E-state index in [4.69, 9.17) is 14.2 Å². The molecule has 1 N–H and O–H groups in total. The number of aromatic nitrogens is 2. The quantitative estimate of drug-likeness (QED) is 0.435. The van der Waals surface area contributed by atoms with Crippen LogP contribution in [0.5, 0.6) is 5.75 Å². The van der Waals surface area contributed by atoms with Gasteiger partial charge in [0.25, 0.3) is 5.91 Å². The number of hydrogen-bond acceptors (Lipinski definition) is 9. The molecule has 1 saturated heterocycles. The number of nitrogens with one attached hydrogen (secondary N) is 1. The van der Waals surface area contributed by atoms with E-state index in [0.29, 0.717) is 42.5 Å². The number of aldehydes is 1. The molecule has 11 nitrogen and oxygen atoms in total. The van der Waals surface area contributed by atoms with E-state index < -0.39 is 5.91 Å². The summed E-state index contributed by atoms with van der Waals surface area (Å²) in [5.41, 5.74) is 1.51. The van der Waals surface area contributed by atoms with Crippen LogP contribution in [0.15, 0.2) is 36.5 Å². The smallest absolute Gasteiger partial charge is 0.259 e. The maximum atomic E-state index is 13.2. The van der Waals surface area contributed by atoms with Crippen LogP contribution >= 0.6 is 0 Å². The number of fused-ring (bicyclic) bond motifs is 1. The van der Waals surface area contributed by atoms with E-state index in [-0.39, 0.29) is 53.6 Å². The Morgan fingerprint density at radius 1 is 1.38 bits per heavy atom. The van der Waals surface area contributed by atoms with Crippen LogP contribution in [0.3, 0.4) is 0 Å². The number of hydrogen-bond donors (Lipinski definition) is 1. The van der Waals surface area contributed by atoms with Crippen molar-refractivity contribution < 1.29 is 28.6 Å². The van der Waals surface area contributed by atoms with Gasteiger partial charge in [0, 0.05) is 37.2 Å². The lowest BCUT2D eigenvalue weighted by Crippen LogP contribution is -2.41. The number of nitriles is 1. The van der Waals surface area contributed by atoms with Gasteiger partial charge in [0.15, 0.2) is 6.29 Å². The van der Waals surface area contributed by atoms with Crippen molar-refractivity contribution in [2.45, 2.75) is 19.6 Å². The van der Waals surface area contributed by atoms with Gasteiger partial charge >= 0.3 is 0 Å². The van der Waals surface area contributed by atoms with Gasteiger partial charge in [-0.05, 0) is 19.1 Å². The van der Waals surface area contributed by atoms with Crippen LogP contribution in [-0.4, -0.2) is 72.5 Å². The molecule has 0 aliphatic carbocycles. The molecule has 0 spiro atoms. The van der Waals surface area contributed by atoms with E-state index >= 15 is 0 Å². The lowest BCUT2D eigenvalue weighted by atomic mass is 10.0. The predicted molar refractivity (Wildman–Crippen MR) is 132 cm³/mol. The molecule has 2 aromatic heterocycles. The Bertz CT molecular complexity index is 1390. The Labute approximate surface area is 213 Å². The largest absolute Gasteiger partial charge is 0.487 e. The van der Waals surface area contributed by atoms with Crippen molar-refractivity contribution >= 4 is 34.8 Å². The van der Waals surface area contributed by atoms with Crippen molar-refractivity contribution in [2.75, 3.05) is 38.8 Å². The lowest BCUT2D eigenvalue weighted by Gasteiger charge is -2.27. The first-order valence-electron chi connectivity index (χ1n) is 11.5. The fourth-order valence-corrected chi connectivity index (χ4v) is 3.95. The average molecular weight is 504 g/mol. The highest BCUT2D eigenvalue weighted by molar-refractivity contribution is 6.12. The van der Waals surface area contributed by atoms with Crippen molar-refractivity contribution in [1.82, 2.24) is 14.9 Å². The number of pyridine rings is 2. The second-order valence-corrected chi connectivity index (χ2v) is 8.41. The first-order valence-corrected chi connectivity index (χ1v) is 11.5. The number of amides is 2. The van der Waals surface area contributed by atoms with Crippen LogP contribution in [0, 0.1) is 11.3 Å². The number of morpholine rings is 1. The second-order valence-electron chi connectivity index (χ2n) is 8.41. The summed E-state index contributed by atoms with van der Waals surface area (Å²) in [7, 11) is 1.54. The van der Waals surface area contributed by atoms with Gasteiger partial charge in [-0.15, -0.1) is 0 Å². The number of methoxy groups -OCH3 is 1. The molecular weight excluding hydrogens is 478 g/mol. The molecule has 0 bridgehead atoms. The number of anilines is 1. The topological polar surface area (TPSA) is 144 Å². The van der Waals surface area contributed by atoms with E-state index in [9.17, 15) is 19.6 Å². The van der Waals surface area contributed by atoms with Crippen molar-refractivity contribution in [2.24, 2.45) is 0 Å². The molecule has 1 aromatic carbocycles. The first-order chi connectivity index (χ1) is 17.9. The van der Waals surface area contributed by atoms with Gasteiger partial charge in [-0.1, -0.05) is 12.1 Å². The van der Waals surface area contributed by atoms with Crippen LogP contribution in [0.25, 0.3) is 10.9 Å². The Morgan fingerprint density at radius 3 is 2.95 bits per heavy atom. The Hall–Kier alpha value is -4.40. The molecule has 1 aliphatic heterocycles. The zero-order chi connectivity index (χ0) is 26.4. The summed E-state index contributed by atoms with van der Waals surface area (Å²) < 4.78 is 16.0. The van der Waals surface area contributed by atoms with E-state index in [1.165, 1.54) is 12.3 Å². The summed E-state index contributed by atoms with van der Waals surface area (Å²) in [6.07, 6.45) is 1.60. The summed E-state index contributed by atoms with van der Waals surface area (Å²) in [6.45, 7) is 3.18. The van der Waals surface area contributed by atoms with Crippen molar-refractivity contribution in [1.29, 1.82) is 5.26 Å². The second kappa shape index (κ2) is 11.6. The molecule has 37 heavy (non-hydrogen) atoms. The SMILES string of the molecule is COCC(C)Oc1cc(NC(=O)c2cccc3cc(CN4CCOCC4=O)c(C=O)nc23)ncc1C#N. The highest BCUT2D eigenvalue weighted by Crippen LogP contribution is 2.25. The van der Waals surface area contributed by atoms with Crippen LogP contribution < -0.4 is 10.1 Å². The molecular formula is C26H25N5O6. The molecule has 1 aliphatic rings. The normalized spacial score (nSPS) is 14.2. The maximum absolute atomic E-state index is 13.2. The van der Waals surface area contributed by atoms with Crippen LogP contribution in [-0.2, 0) is 20.8 Å². The highest BCUT2D eigenvalue weighted by Gasteiger charge is 2.22. The van der Waals surface area contributed by atoms with Crippen LogP contribution in [0.1, 0.15) is 38.9 Å². The highest BCUT2D eigenvalue weighted by atomic mass is 16.5. The number of para-hydroxylation sites is 1. The maximum Gasteiger partial charge on any atom is 0.259 e. The standard InChI is InChI=1S/C26H25N5O6/c1-16(14-35-2)37-22-9-23(28-11-19(22)10-27)30-26(34)20-5-3-4-17-8-18(21(13-32)29-25(17)20)12-31-6-7-36-15-24(31)33/h3-5,8-9,11,13,16H,6-7,12,14-15H2,1-2H3,(H,28,30,34). The number of benzene rings is 1. The van der Waals surface area contributed by atoms with Crippen LogP contribution in [0.2, 0.25) is 0 Å². The minimum absolute atomic E-state index is 0.00316. The van der Waals surface area contributed by atoms with Gasteiger partial charge in [0.2, 0.25) is 5.91 Å². The summed E-state index contributed by atoms with van der Waals surface area (Å²) in [6, 6.07) is 10.3. The minimum Gasteiger partial charge on any atom is -0.487 e. The predicted octanol–water partition coefficient (Wildman–Crippen LogP) is 2.34. The van der Waals surface area contributed by atoms with Crippen molar-refractivity contribution in [3.05, 3.63) is 58.9 Å². The molecule has 3 heterocycles. The number of rotatable bonds is 9. The Morgan fingerprint density at radius 2 is 2.22 bits per heavy atom. The van der Waals surface area contributed by atoms with Crippen molar-refractivity contribution in [3.63, 3.8) is 0 Å². The van der Waals surface area contributed by atoms with E-state index in [2.05, 4.69) is 15.3 Å². The van der Waals surface area contributed by atoms with Gasteiger partial charge in [-0.2, -0.15) is 5.26 Å². The number of nitrogens with zero attached hydrogens (tertiary/aromatic N) is 4. The summed E-state index contributed by atoms with van der Waals surface area (Å²) in [4.78, 5) is 47.4. The third kappa shape index (κ3) is 5.88. The monoisotopic (exact) mass is 503 g/mol. The Balaban J connectivity index is 1.61. The zero-order valence-corrected chi connectivity index (χ0v) is 20.4. The molecule has 190 valence electrons. The van der Waals surface area contributed by atoms with Crippen LogP contribution in [0.4, 0.5) is 5.82 Å². The molecule has 0 saturated carbocycles. The number of ether oxygens (including phenoxy) is 3. The summed E-state index contributed by atoms with van der Waals surface area (Å²) in [5, 5.41) is 12.7. The third-order valence-corrected chi connectivity index (χ3v) is 5.72. The number of carbonyl (C=O) groups excluding carboxylic acids is 3. The average Bonchev–Trinajstić information content (AvgIpc) is 2.89. The van der Waals surface area contributed by atoms with Crippen molar-refractivity contribution in [3.8, 4) is 11.8 Å². The summed E-state index contributed by atoms with van der Waals surface area (Å²) in [5.74, 6) is -0.219.